The van der Waals surface area contributed by atoms with Gasteiger partial charge in [0.15, 0.2) is 11.6 Å². The average molecular weight is 547 g/mol. The molecule has 2 heterocycles. The van der Waals surface area contributed by atoms with Gasteiger partial charge in [0.1, 0.15) is 5.60 Å². The number of amides is 1. The van der Waals surface area contributed by atoms with Crippen LogP contribution in [0, 0.1) is 11.6 Å². The predicted octanol–water partition coefficient (Wildman–Crippen LogP) is 6.35. The number of carbonyl (C=O) groups is 1. The van der Waals surface area contributed by atoms with Gasteiger partial charge in [-0.2, -0.15) is 9.59 Å². The zero-order valence-electron chi connectivity index (χ0n) is 19.6. The van der Waals surface area contributed by atoms with Crippen molar-refractivity contribution >= 4 is 41.1 Å². The van der Waals surface area contributed by atoms with Crippen molar-refractivity contribution in [1.29, 1.82) is 0 Å². The lowest BCUT2D eigenvalue weighted by Gasteiger charge is -2.37. The number of piperidine rings is 1. The lowest BCUT2D eigenvalue weighted by atomic mass is 9.91. The number of halogens is 4. The second-order valence-corrected chi connectivity index (χ2v) is 9.71. The minimum atomic E-state index is -0.950. The molecule has 0 bridgehead atoms. The Morgan fingerprint density at radius 3 is 2.14 bits per heavy atom. The summed E-state index contributed by atoms with van der Waals surface area (Å²) >= 11 is 13.0. The van der Waals surface area contributed by atoms with Crippen LogP contribution in [0.1, 0.15) is 18.4 Å². The van der Waals surface area contributed by atoms with Crippen molar-refractivity contribution in [3.8, 4) is 11.1 Å². The molecule has 2 saturated heterocycles. The van der Waals surface area contributed by atoms with Gasteiger partial charge >= 0.3 is 12.2 Å². The number of ether oxygens (including phenoxy) is 1. The third-order valence-electron chi connectivity index (χ3n) is 6.52. The average Bonchev–Trinajstić information content (AvgIpc) is 3.19. The minimum Gasteiger partial charge on any atom is -0.441 e. The molecule has 0 aliphatic carbocycles. The summed E-state index contributed by atoms with van der Waals surface area (Å²) in [6.07, 6.45) is 1.42. The fourth-order valence-electron chi connectivity index (χ4n) is 4.71. The van der Waals surface area contributed by atoms with Crippen LogP contribution in [0.2, 0.25) is 10.0 Å². The number of likely N-dealkylation sites (tertiary alicyclic amines) is 1. The molecule has 2 aliphatic rings. The molecule has 0 atom stereocenters. The second-order valence-electron chi connectivity index (χ2n) is 8.90. The predicted molar refractivity (Wildman–Crippen MR) is 134 cm³/mol. The van der Waals surface area contributed by atoms with Crippen molar-refractivity contribution in [2.45, 2.75) is 25.0 Å². The van der Waals surface area contributed by atoms with E-state index in [1.54, 1.807) is 17.0 Å². The molecule has 192 valence electrons. The van der Waals surface area contributed by atoms with Gasteiger partial charge in [-0.15, -0.1) is 0 Å². The van der Waals surface area contributed by atoms with Crippen molar-refractivity contribution < 1.29 is 27.9 Å². The van der Waals surface area contributed by atoms with E-state index in [0.717, 1.165) is 49.3 Å². The highest BCUT2D eigenvalue weighted by molar-refractivity contribution is 6.39. The standard InChI is InChI=1S/C26H22Cl2F2N2O2.CO2/c27-20-12-17(13-21(28)24(20)18-6-7-22(29)23(30)14-18)15-31-10-8-26(9-11-31)16-32(25(33)34-26)19-4-2-1-3-5-19;2-1-3/h1-7,12-14H,8-11,15-16H2;. The molecule has 0 unspecified atom stereocenters. The van der Waals surface area contributed by atoms with Gasteiger partial charge in [-0.3, -0.25) is 9.80 Å². The third-order valence-corrected chi connectivity index (χ3v) is 7.12. The maximum absolute atomic E-state index is 13.7. The first-order valence-corrected chi connectivity index (χ1v) is 12.2. The van der Waals surface area contributed by atoms with Crippen LogP contribution >= 0.6 is 23.2 Å². The van der Waals surface area contributed by atoms with Gasteiger partial charge in [0.25, 0.3) is 0 Å². The van der Waals surface area contributed by atoms with E-state index in [1.165, 1.54) is 6.07 Å². The summed E-state index contributed by atoms with van der Waals surface area (Å²) < 4.78 is 32.8. The SMILES string of the molecule is O=C1OC2(CCN(Cc3cc(Cl)c(-c4ccc(F)c(F)c4)c(Cl)c3)CC2)CN1c1ccccc1.O=C=O. The molecule has 3 aromatic carbocycles. The highest BCUT2D eigenvalue weighted by atomic mass is 35.5. The molecule has 5 rings (SSSR count). The highest BCUT2D eigenvalue weighted by Gasteiger charge is 2.47. The van der Waals surface area contributed by atoms with Crippen molar-refractivity contribution in [2.75, 3.05) is 24.5 Å². The number of para-hydroxylation sites is 1. The Hall–Kier alpha value is -3.29. The Kier molecular flexibility index (Phi) is 8.25. The summed E-state index contributed by atoms with van der Waals surface area (Å²) in [5, 5.41) is 0.760. The number of hydrogen-bond donors (Lipinski definition) is 0. The Balaban J connectivity index is 0.00000102. The van der Waals surface area contributed by atoms with E-state index < -0.39 is 17.2 Å². The minimum absolute atomic E-state index is 0.250. The van der Waals surface area contributed by atoms with Gasteiger partial charge in [0, 0.05) is 43.7 Å². The van der Waals surface area contributed by atoms with E-state index in [4.69, 9.17) is 37.5 Å². The molecule has 1 spiro atoms. The van der Waals surface area contributed by atoms with Gasteiger partial charge in [0.05, 0.1) is 16.6 Å². The lowest BCUT2D eigenvalue weighted by molar-refractivity contribution is -0.191. The summed E-state index contributed by atoms with van der Waals surface area (Å²) in [5.74, 6) is -1.87. The number of rotatable bonds is 4. The van der Waals surface area contributed by atoms with Crippen LogP contribution in [0.5, 0.6) is 0 Å². The van der Waals surface area contributed by atoms with Crippen LogP contribution in [0.25, 0.3) is 11.1 Å². The normalized spacial score (nSPS) is 16.6. The van der Waals surface area contributed by atoms with Gasteiger partial charge in [0.2, 0.25) is 0 Å². The Bertz CT molecular complexity index is 1300. The van der Waals surface area contributed by atoms with E-state index >= 15 is 0 Å². The molecule has 6 nitrogen and oxygen atoms in total. The van der Waals surface area contributed by atoms with E-state index in [0.29, 0.717) is 34.3 Å². The van der Waals surface area contributed by atoms with E-state index in [2.05, 4.69) is 4.90 Å². The lowest BCUT2D eigenvalue weighted by Crippen LogP contribution is -2.46. The monoisotopic (exact) mass is 546 g/mol. The number of carbonyl (C=O) groups excluding carboxylic acids is 3. The summed E-state index contributed by atoms with van der Waals surface area (Å²) in [6, 6.07) is 16.8. The van der Waals surface area contributed by atoms with Crippen LogP contribution in [-0.2, 0) is 20.9 Å². The Labute approximate surface area is 222 Å². The molecule has 0 radical (unpaired) electrons. The maximum atomic E-state index is 13.7. The molecular formula is C27H22Cl2F2N2O4. The third kappa shape index (κ3) is 6.00. The zero-order chi connectivity index (χ0) is 26.6. The Morgan fingerprint density at radius 2 is 1.54 bits per heavy atom. The summed E-state index contributed by atoms with van der Waals surface area (Å²) in [7, 11) is 0. The molecule has 1 amide bonds. The van der Waals surface area contributed by atoms with Gasteiger partial charge in [-0.25, -0.2) is 13.6 Å². The van der Waals surface area contributed by atoms with Crippen molar-refractivity contribution in [3.63, 3.8) is 0 Å². The van der Waals surface area contributed by atoms with Crippen molar-refractivity contribution in [3.05, 3.63) is 87.9 Å². The van der Waals surface area contributed by atoms with Crippen LogP contribution in [0.15, 0.2) is 60.7 Å². The number of anilines is 1. The van der Waals surface area contributed by atoms with Crippen LogP contribution in [0.3, 0.4) is 0 Å². The highest BCUT2D eigenvalue weighted by Crippen LogP contribution is 2.38. The van der Waals surface area contributed by atoms with Gasteiger partial charge in [-0.1, -0.05) is 47.5 Å². The van der Waals surface area contributed by atoms with E-state index in [-0.39, 0.29) is 12.2 Å². The van der Waals surface area contributed by atoms with Crippen LogP contribution in [0.4, 0.5) is 19.3 Å². The quantitative estimate of drug-likeness (QED) is 0.381. The zero-order valence-corrected chi connectivity index (χ0v) is 21.1. The Morgan fingerprint density at radius 1 is 0.919 bits per heavy atom. The molecule has 0 N–H and O–H groups in total. The summed E-state index contributed by atoms with van der Waals surface area (Å²) in [4.78, 5) is 32.7. The summed E-state index contributed by atoms with van der Waals surface area (Å²) in [5.41, 5.74) is 2.19. The van der Waals surface area contributed by atoms with E-state index in [9.17, 15) is 13.6 Å². The van der Waals surface area contributed by atoms with Crippen molar-refractivity contribution in [2.24, 2.45) is 0 Å². The largest absolute Gasteiger partial charge is 0.441 e. The first kappa shape index (κ1) is 26.8. The maximum Gasteiger partial charge on any atom is 0.415 e. The molecular weight excluding hydrogens is 525 g/mol. The van der Waals surface area contributed by atoms with E-state index in [1.807, 2.05) is 30.3 Å². The molecule has 0 saturated carbocycles. The topological polar surface area (TPSA) is 66.9 Å². The first-order valence-electron chi connectivity index (χ1n) is 11.5. The summed E-state index contributed by atoms with van der Waals surface area (Å²) in [6.45, 7) is 2.69. The number of nitrogens with zero attached hydrogens (tertiary/aromatic N) is 2. The fourth-order valence-corrected chi connectivity index (χ4v) is 5.46. The van der Waals surface area contributed by atoms with Crippen molar-refractivity contribution in [1.82, 2.24) is 4.90 Å². The van der Waals surface area contributed by atoms with Crippen LogP contribution < -0.4 is 4.90 Å². The van der Waals surface area contributed by atoms with Gasteiger partial charge < -0.3 is 4.74 Å². The first-order chi connectivity index (χ1) is 17.7. The number of hydrogen-bond acceptors (Lipinski definition) is 5. The second kappa shape index (κ2) is 11.4. The molecule has 2 fully saturated rings. The molecule has 37 heavy (non-hydrogen) atoms. The smallest absolute Gasteiger partial charge is 0.415 e. The van der Waals surface area contributed by atoms with Crippen LogP contribution in [-0.4, -0.2) is 42.4 Å². The van der Waals surface area contributed by atoms with Gasteiger partial charge in [-0.05, 0) is 47.5 Å². The number of benzene rings is 3. The fraction of sp³-hybridized carbons (Fsp3) is 0.259. The molecule has 3 aromatic rings. The molecule has 10 heteroatoms. The molecule has 2 aliphatic heterocycles. The molecule has 0 aromatic heterocycles.